The Hall–Kier alpha value is -6.35. The molecule has 0 radical (unpaired) electrons. The van der Waals surface area contributed by atoms with Crippen LogP contribution in [0.25, 0.3) is 16.6 Å². The lowest BCUT2D eigenvalue weighted by atomic mass is 9.91. The molecule has 4 atom stereocenters. The van der Waals surface area contributed by atoms with Crippen molar-refractivity contribution in [2.45, 2.75) is 83.8 Å². The second-order valence-electron chi connectivity index (χ2n) is 17.5. The summed E-state index contributed by atoms with van der Waals surface area (Å²) in [7, 11) is 0. The van der Waals surface area contributed by atoms with Crippen LogP contribution in [0.15, 0.2) is 80.8 Å². The molecule has 3 aliphatic heterocycles. The van der Waals surface area contributed by atoms with Gasteiger partial charge in [-0.3, -0.25) is 24.0 Å². The van der Waals surface area contributed by atoms with Gasteiger partial charge in [-0.25, -0.2) is 23.5 Å². The molecule has 320 valence electrons. The highest BCUT2D eigenvalue weighted by atomic mass is 19.1. The summed E-state index contributed by atoms with van der Waals surface area (Å²) in [6.45, 7) is 11.5. The third-order valence-corrected chi connectivity index (χ3v) is 13.9. The van der Waals surface area contributed by atoms with Crippen molar-refractivity contribution in [3.8, 4) is 5.69 Å². The van der Waals surface area contributed by atoms with Crippen molar-refractivity contribution in [2.24, 2.45) is 5.92 Å². The van der Waals surface area contributed by atoms with E-state index in [2.05, 4.69) is 35.3 Å². The van der Waals surface area contributed by atoms with Gasteiger partial charge in [-0.2, -0.15) is 0 Å². The van der Waals surface area contributed by atoms with Gasteiger partial charge in [-0.05, 0) is 118 Å². The fourth-order valence-corrected chi connectivity index (χ4v) is 10.3. The SMILES string of the molecule is Cc1cc(-n2c(N3CCN([C@@H](C)c4ccccc4)C3=O)nc3c(c2=O)CCN(C(=O)c2cc4cc(C5CCOCC5)ccc4n2[C@@]2(c4noc(=O)[nH]4)C[C@H]2C)[C@@H]3C)cc(C)c1F. The van der Waals surface area contributed by atoms with E-state index in [1.54, 1.807) is 35.8 Å². The first-order valence-corrected chi connectivity index (χ1v) is 21.5. The van der Waals surface area contributed by atoms with Crippen LogP contribution in [0.2, 0.25) is 0 Å². The van der Waals surface area contributed by atoms with Crippen LogP contribution < -0.4 is 16.2 Å². The lowest BCUT2D eigenvalue weighted by Crippen LogP contribution is -2.45. The summed E-state index contributed by atoms with van der Waals surface area (Å²) in [5, 5.41) is 5.04. The molecule has 14 nitrogen and oxygen atoms in total. The quantitative estimate of drug-likeness (QED) is 0.171. The number of aryl methyl sites for hydroxylation is 2. The number of ether oxygens (including phenoxy) is 1. The average Bonchev–Trinajstić information content (AvgIpc) is 3.60. The largest absolute Gasteiger partial charge is 0.438 e. The van der Waals surface area contributed by atoms with Crippen molar-refractivity contribution in [1.82, 2.24) is 34.1 Å². The van der Waals surface area contributed by atoms with E-state index in [1.165, 1.54) is 15.0 Å². The maximum absolute atomic E-state index is 15.3. The molecule has 0 spiro atoms. The summed E-state index contributed by atoms with van der Waals surface area (Å²) in [6, 6.07) is 20.0. The normalized spacial score (nSPS) is 22.1. The smallest absolute Gasteiger partial charge is 0.381 e. The van der Waals surface area contributed by atoms with Gasteiger partial charge < -0.3 is 19.1 Å². The Balaban J connectivity index is 1.08. The predicted octanol–water partition coefficient (Wildman–Crippen LogP) is 7.06. The van der Waals surface area contributed by atoms with Gasteiger partial charge in [0, 0.05) is 49.3 Å². The molecule has 3 aromatic heterocycles. The number of rotatable bonds is 8. The number of anilines is 1. The van der Waals surface area contributed by atoms with Crippen molar-refractivity contribution in [3.05, 3.63) is 138 Å². The lowest BCUT2D eigenvalue weighted by Gasteiger charge is -2.36. The minimum atomic E-state index is -0.834. The molecule has 3 fully saturated rings. The summed E-state index contributed by atoms with van der Waals surface area (Å²) >= 11 is 0. The van der Waals surface area contributed by atoms with E-state index in [0.717, 1.165) is 29.3 Å². The number of carbonyl (C=O) groups is 2. The summed E-state index contributed by atoms with van der Waals surface area (Å²) in [5.74, 6) is -0.486. The number of nitrogens with zero attached hydrogens (tertiary/aromatic N) is 7. The van der Waals surface area contributed by atoms with Gasteiger partial charge in [0.05, 0.1) is 23.5 Å². The monoisotopic (exact) mass is 840 g/mol. The van der Waals surface area contributed by atoms with Crippen molar-refractivity contribution >= 4 is 28.8 Å². The fraction of sp³-hybridized carbons (Fsp3) is 0.404. The van der Waals surface area contributed by atoms with Gasteiger partial charge in [0.15, 0.2) is 5.82 Å². The number of hydrogen-bond acceptors (Lipinski definition) is 8. The molecule has 1 aliphatic carbocycles. The number of aromatic amines is 1. The van der Waals surface area contributed by atoms with Gasteiger partial charge in [-0.1, -0.05) is 48.5 Å². The van der Waals surface area contributed by atoms with Crippen LogP contribution in [-0.4, -0.2) is 78.8 Å². The molecule has 3 aromatic carbocycles. The van der Waals surface area contributed by atoms with E-state index in [1.807, 2.05) is 54.8 Å². The highest BCUT2D eigenvalue weighted by molar-refractivity contribution is 6.00. The number of H-pyrrole nitrogens is 1. The molecule has 3 amide bonds. The topological polar surface area (TPSA) is 152 Å². The van der Waals surface area contributed by atoms with E-state index >= 15 is 9.18 Å². The first-order valence-electron chi connectivity index (χ1n) is 21.5. The van der Waals surface area contributed by atoms with Crippen molar-refractivity contribution in [2.75, 3.05) is 37.7 Å². The number of urea groups is 1. The predicted molar refractivity (Wildman–Crippen MR) is 229 cm³/mol. The van der Waals surface area contributed by atoms with Crippen LogP contribution in [0.3, 0.4) is 0 Å². The molecule has 1 saturated carbocycles. The number of nitrogens with one attached hydrogen (secondary N) is 1. The Morgan fingerprint density at radius 2 is 1.68 bits per heavy atom. The summed E-state index contributed by atoms with van der Waals surface area (Å²) in [5.41, 5.74) is 4.16. The number of aromatic nitrogens is 5. The summed E-state index contributed by atoms with van der Waals surface area (Å²) in [6.07, 6.45) is 2.65. The van der Waals surface area contributed by atoms with Gasteiger partial charge in [0.25, 0.3) is 11.5 Å². The van der Waals surface area contributed by atoms with Crippen molar-refractivity contribution in [3.63, 3.8) is 0 Å². The minimum Gasteiger partial charge on any atom is -0.381 e. The number of hydrogen-bond donors (Lipinski definition) is 1. The third kappa shape index (κ3) is 6.22. The molecule has 10 rings (SSSR count). The van der Waals surface area contributed by atoms with Crippen molar-refractivity contribution < 1.29 is 23.2 Å². The Morgan fingerprint density at radius 3 is 2.35 bits per heavy atom. The summed E-state index contributed by atoms with van der Waals surface area (Å²) in [4.78, 5) is 70.0. The van der Waals surface area contributed by atoms with E-state index in [9.17, 15) is 14.4 Å². The molecule has 0 bridgehead atoms. The zero-order valence-corrected chi connectivity index (χ0v) is 35.5. The molecule has 1 N–H and O–H groups in total. The van der Waals surface area contributed by atoms with Gasteiger partial charge in [0.2, 0.25) is 5.95 Å². The third-order valence-electron chi connectivity index (χ3n) is 13.9. The molecule has 6 aromatic rings. The Morgan fingerprint density at radius 1 is 0.952 bits per heavy atom. The lowest BCUT2D eigenvalue weighted by molar-refractivity contribution is 0.0658. The van der Waals surface area contributed by atoms with E-state index < -0.39 is 17.3 Å². The Labute approximate surface area is 356 Å². The van der Waals surface area contributed by atoms with Crippen LogP contribution in [-0.2, 0) is 16.7 Å². The number of fused-ring (bicyclic) bond motifs is 2. The first-order chi connectivity index (χ1) is 29.9. The number of carbonyl (C=O) groups excluding carboxylic acids is 2. The summed E-state index contributed by atoms with van der Waals surface area (Å²) < 4.78 is 29.1. The molecule has 62 heavy (non-hydrogen) atoms. The minimum absolute atomic E-state index is 0.0173. The highest BCUT2D eigenvalue weighted by Gasteiger charge is 2.59. The molecule has 15 heteroatoms. The van der Waals surface area contributed by atoms with Crippen molar-refractivity contribution in [1.29, 1.82) is 0 Å². The fourth-order valence-electron chi connectivity index (χ4n) is 10.3. The zero-order valence-electron chi connectivity index (χ0n) is 35.5. The standard InChI is InChI=1S/C47H49FN8O6/c1-26-21-35(22-27(2)39(26)48)55-41(57)36-13-16-52(30(5)40(36)49-44(55)54-18-17-53(46(54)60)29(4)31-9-7-6-8-10-31)42(58)38-24-34-23-33(32-14-19-61-20-15-32)11-12-37(34)56(38)47(25-28(47)3)43-50-45(59)62-51-43/h6-12,21-24,28-30,32H,13-20,25H2,1-5H3,(H,50,51,59)/t28-,29+,30-,47+/m1/s1. The zero-order chi connectivity index (χ0) is 43.2. The molecular formula is C47H49FN8O6. The maximum Gasteiger partial charge on any atom is 0.438 e. The number of halogens is 1. The molecule has 4 aliphatic rings. The van der Waals surface area contributed by atoms with E-state index in [4.69, 9.17) is 14.2 Å². The molecule has 6 heterocycles. The second-order valence-corrected chi connectivity index (χ2v) is 17.5. The Kier molecular flexibility index (Phi) is 9.57. The van der Waals surface area contributed by atoms with Crippen LogP contribution in [0.4, 0.5) is 15.1 Å². The second kappa shape index (κ2) is 14.9. The van der Waals surface area contributed by atoms with Gasteiger partial charge in [-0.15, -0.1) is 0 Å². The first kappa shape index (κ1) is 39.8. The highest BCUT2D eigenvalue weighted by Crippen LogP contribution is 2.56. The van der Waals surface area contributed by atoms with Crippen LogP contribution >= 0.6 is 0 Å². The Bertz CT molecular complexity index is 2870. The van der Waals surface area contributed by atoms with Gasteiger partial charge in [0.1, 0.15) is 17.1 Å². The molecule has 0 unspecified atom stereocenters. The van der Waals surface area contributed by atoms with Crippen LogP contribution in [0, 0.1) is 25.6 Å². The average molecular weight is 841 g/mol. The van der Waals surface area contributed by atoms with Crippen LogP contribution in [0.1, 0.15) is 108 Å². The number of benzene rings is 3. The maximum atomic E-state index is 15.3. The van der Waals surface area contributed by atoms with Gasteiger partial charge >= 0.3 is 11.8 Å². The molecular weight excluding hydrogens is 792 g/mol. The molecule has 2 saturated heterocycles. The number of amides is 3. The van der Waals surface area contributed by atoms with E-state index in [0.29, 0.717) is 71.7 Å². The van der Waals surface area contributed by atoms with E-state index in [-0.39, 0.29) is 60.7 Å². The van der Waals surface area contributed by atoms with Crippen LogP contribution in [0.5, 0.6) is 0 Å².